The van der Waals surface area contributed by atoms with Crippen LogP contribution in [0.2, 0.25) is 0 Å². The predicted octanol–water partition coefficient (Wildman–Crippen LogP) is 2.92. The number of nitrogens with zero attached hydrogens (tertiary/aromatic N) is 4. The van der Waals surface area contributed by atoms with Gasteiger partial charge in [0, 0.05) is 18.7 Å². The van der Waals surface area contributed by atoms with E-state index in [4.69, 9.17) is 5.73 Å². The van der Waals surface area contributed by atoms with Crippen molar-refractivity contribution in [2.24, 2.45) is 0 Å². The lowest BCUT2D eigenvalue weighted by Crippen LogP contribution is -2.25. The van der Waals surface area contributed by atoms with Crippen LogP contribution in [0, 0.1) is 22.7 Å². The third kappa shape index (κ3) is 2.57. The fourth-order valence-electron chi connectivity index (χ4n) is 2.37. The third-order valence-electron chi connectivity index (χ3n) is 3.55. The first-order valence-corrected chi connectivity index (χ1v) is 7.11. The van der Waals surface area contributed by atoms with E-state index in [1.165, 1.54) is 0 Å². The third-order valence-corrected chi connectivity index (χ3v) is 3.55. The molecule has 5 heteroatoms. The highest BCUT2D eigenvalue weighted by Crippen LogP contribution is 2.33. The van der Waals surface area contributed by atoms with Crippen molar-refractivity contribution in [3.8, 4) is 23.4 Å². The number of benzene rings is 1. The molecule has 0 saturated heterocycles. The van der Waals surface area contributed by atoms with Gasteiger partial charge >= 0.3 is 0 Å². The maximum Gasteiger partial charge on any atom is 0.149 e. The molecule has 0 atom stereocenters. The molecule has 0 aliphatic carbocycles. The first kappa shape index (κ1) is 15.3. The smallest absolute Gasteiger partial charge is 0.149 e. The lowest BCUT2D eigenvalue weighted by Gasteiger charge is -2.23. The first-order chi connectivity index (χ1) is 10.7. The van der Waals surface area contributed by atoms with Gasteiger partial charge in [-0.1, -0.05) is 30.3 Å². The van der Waals surface area contributed by atoms with Crippen LogP contribution in [-0.2, 0) is 0 Å². The van der Waals surface area contributed by atoms with Gasteiger partial charge < -0.3 is 10.6 Å². The highest BCUT2D eigenvalue weighted by molar-refractivity contribution is 5.82. The van der Waals surface area contributed by atoms with Crippen molar-refractivity contribution in [1.82, 2.24) is 4.98 Å². The topological polar surface area (TPSA) is 89.7 Å². The molecular formula is C17H17N5. The van der Waals surface area contributed by atoms with Crippen LogP contribution < -0.4 is 10.6 Å². The minimum atomic E-state index is 0.195. The normalized spacial score (nSPS) is 9.82. The molecule has 0 fully saturated rings. The molecule has 0 amide bonds. The molecule has 2 rings (SSSR count). The Labute approximate surface area is 130 Å². The lowest BCUT2D eigenvalue weighted by molar-refractivity contribution is 0.845. The van der Waals surface area contributed by atoms with Crippen molar-refractivity contribution in [2.45, 2.75) is 13.8 Å². The van der Waals surface area contributed by atoms with Gasteiger partial charge in [0.05, 0.1) is 11.4 Å². The molecule has 0 bridgehead atoms. The van der Waals surface area contributed by atoms with Crippen molar-refractivity contribution in [1.29, 1.82) is 10.5 Å². The quantitative estimate of drug-likeness (QED) is 0.935. The number of aromatic nitrogens is 1. The number of hydrogen-bond acceptors (Lipinski definition) is 5. The minimum Gasteiger partial charge on any atom is -0.396 e. The molecular weight excluding hydrogens is 274 g/mol. The number of anilines is 2. The monoisotopic (exact) mass is 291 g/mol. The van der Waals surface area contributed by atoms with Gasteiger partial charge in [-0.15, -0.1) is 0 Å². The zero-order valence-electron chi connectivity index (χ0n) is 12.7. The molecule has 2 aromatic rings. The summed E-state index contributed by atoms with van der Waals surface area (Å²) in [6.07, 6.45) is 0. The number of rotatable bonds is 4. The van der Waals surface area contributed by atoms with Crippen LogP contribution in [0.4, 0.5) is 11.5 Å². The molecule has 0 unspecified atom stereocenters. The van der Waals surface area contributed by atoms with Crippen LogP contribution in [0.1, 0.15) is 25.0 Å². The Morgan fingerprint density at radius 1 is 1.05 bits per heavy atom. The van der Waals surface area contributed by atoms with Gasteiger partial charge in [-0.2, -0.15) is 10.5 Å². The van der Waals surface area contributed by atoms with Crippen LogP contribution in [0.15, 0.2) is 30.3 Å². The van der Waals surface area contributed by atoms with Gasteiger partial charge in [-0.05, 0) is 13.8 Å². The fraction of sp³-hybridized carbons (Fsp3) is 0.235. The molecule has 5 nitrogen and oxygen atoms in total. The van der Waals surface area contributed by atoms with Gasteiger partial charge in [0.15, 0.2) is 0 Å². The van der Waals surface area contributed by atoms with Crippen molar-refractivity contribution in [2.75, 3.05) is 23.7 Å². The highest BCUT2D eigenvalue weighted by atomic mass is 15.2. The number of hydrogen-bond donors (Lipinski definition) is 1. The Kier molecular flexibility index (Phi) is 4.60. The van der Waals surface area contributed by atoms with E-state index >= 15 is 0 Å². The van der Waals surface area contributed by atoms with Crippen molar-refractivity contribution >= 4 is 11.5 Å². The number of pyridine rings is 1. The van der Waals surface area contributed by atoms with Crippen LogP contribution in [-0.4, -0.2) is 18.1 Å². The number of nitrogens with two attached hydrogens (primary N) is 1. The molecule has 0 aliphatic rings. The average Bonchev–Trinajstić information content (AvgIpc) is 2.56. The van der Waals surface area contributed by atoms with E-state index in [0.29, 0.717) is 24.6 Å². The van der Waals surface area contributed by atoms with Gasteiger partial charge in [-0.25, -0.2) is 4.98 Å². The summed E-state index contributed by atoms with van der Waals surface area (Å²) in [5.41, 5.74) is 8.11. The SMILES string of the molecule is CCN(CC)c1nc(-c2ccccc2)c(C#N)c(N)c1C#N. The Hall–Kier alpha value is -3.05. The Bertz CT molecular complexity index is 749. The summed E-state index contributed by atoms with van der Waals surface area (Å²) in [6, 6.07) is 13.6. The molecule has 2 N–H and O–H groups in total. The summed E-state index contributed by atoms with van der Waals surface area (Å²) in [7, 11) is 0. The van der Waals surface area contributed by atoms with Gasteiger partial charge in [0.2, 0.25) is 0 Å². The molecule has 0 spiro atoms. The summed E-state index contributed by atoms with van der Waals surface area (Å²) in [5, 5.41) is 18.8. The van der Waals surface area contributed by atoms with Crippen molar-refractivity contribution < 1.29 is 0 Å². The standard InChI is InChI=1S/C17H17N5/c1-3-22(4-2)17-14(11-19)15(20)13(10-18)16(21-17)12-8-6-5-7-9-12/h5-9H,3-4H2,1-2H3,(H2,20,21). The summed E-state index contributed by atoms with van der Waals surface area (Å²) in [5.74, 6) is 0.530. The summed E-state index contributed by atoms with van der Waals surface area (Å²) in [6.45, 7) is 5.39. The number of nitriles is 2. The second-order valence-corrected chi connectivity index (χ2v) is 4.71. The van der Waals surface area contributed by atoms with Crippen LogP contribution in [0.25, 0.3) is 11.3 Å². The molecule has 22 heavy (non-hydrogen) atoms. The number of nitrogen functional groups attached to an aromatic ring is 1. The molecule has 0 radical (unpaired) electrons. The van der Waals surface area contributed by atoms with Gasteiger partial charge in [-0.3, -0.25) is 0 Å². The maximum atomic E-state index is 9.43. The fourth-order valence-corrected chi connectivity index (χ4v) is 2.37. The van der Waals surface area contributed by atoms with Gasteiger partial charge in [0.1, 0.15) is 29.1 Å². The summed E-state index contributed by atoms with van der Waals surface area (Å²) < 4.78 is 0. The molecule has 0 aliphatic heterocycles. The zero-order chi connectivity index (χ0) is 16.1. The van der Waals surface area contributed by atoms with Crippen LogP contribution in [0.3, 0.4) is 0 Å². The molecule has 110 valence electrons. The highest BCUT2D eigenvalue weighted by Gasteiger charge is 2.21. The molecule has 1 aromatic carbocycles. The average molecular weight is 291 g/mol. The molecule has 0 saturated carbocycles. The van der Waals surface area contributed by atoms with E-state index in [1.54, 1.807) is 0 Å². The molecule has 1 heterocycles. The van der Waals surface area contributed by atoms with Crippen LogP contribution in [0.5, 0.6) is 0 Å². The van der Waals surface area contributed by atoms with Gasteiger partial charge in [0.25, 0.3) is 0 Å². The largest absolute Gasteiger partial charge is 0.396 e. The lowest BCUT2D eigenvalue weighted by atomic mass is 10.0. The minimum absolute atomic E-state index is 0.195. The van der Waals surface area contributed by atoms with E-state index in [9.17, 15) is 10.5 Å². The second kappa shape index (κ2) is 6.60. The second-order valence-electron chi connectivity index (χ2n) is 4.71. The Morgan fingerprint density at radius 2 is 1.64 bits per heavy atom. The van der Waals surface area contributed by atoms with Crippen molar-refractivity contribution in [3.63, 3.8) is 0 Å². The summed E-state index contributed by atoms with van der Waals surface area (Å²) in [4.78, 5) is 6.55. The molecule has 1 aromatic heterocycles. The van der Waals surface area contributed by atoms with E-state index in [0.717, 1.165) is 5.56 Å². The predicted molar refractivity (Wildman–Crippen MR) is 87.1 cm³/mol. The van der Waals surface area contributed by atoms with E-state index in [-0.39, 0.29) is 16.8 Å². The van der Waals surface area contributed by atoms with E-state index < -0.39 is 0 Å². The van der Waals surface area contributed by atoms with E-state index in [2.05, 4.69) is 17.1 Å². The zero-order valence-corrected chi connectivity index (χ0v) is 12.7. The summed E-state index contributed by atoms with van der Waals surface area (Å²) >= 11 is 0. The maximum absolute atomic E-state index is 9.43. The van der Waals surface area contributed by atoms with Crippen molar-refractivity contribution in [3.05, 3.63) is 41.5 Å². The van der Waals surface area contributed by atoms with Crippen LogP contribution >= 0.6 is 0 Å². The Morgan fingerprint density at radius 3 is 2.14 bits per heavy atom. The first-order valence-electron chi connectivity index (χ1n) is 7.11. The Balaban J connectivity index is 2.80. The van der Waals surface area contributed by atoms with E-state index in [1.807, 2.05) is 49.1 Å².